The van der Waals surface area contributed by atoms with E-state index in [4.69, 9.17) is 23.2 Å². The van der Waals surface area contributed by atoms with Gasteiger partial charge in [-0.25, -0.2) is 8.42 Å². The number of nitrogens with one attached hydrogen (secondary N) is 2. The molecule has 1 aliphatic carbocycles. The summed E-state index contributed by atoms with van der Waals surface area (Å²) >= 11 is 12.2. The highest BCUT2D eigenvalue weighted by Gasteiger charge is 2.34. The van der Waals surface area contributed by atoms with Gasteiger partial charge in [0.2, 0.25) is 15.9 Å². The Bertz CT molecular complexity index is 1120. The number of anilines is 1. The Morgan fingerprint density at radius 3 is 2.19 bits per heavy atom. The zero-order valence-corrected chi connectivity index (χ0v) is 19.5. The van der Waals surface area contributed by atoms with E-state index in [2.05, 4.69) is 10.6 Å². The molecule has 2 aromatic carbocycles. The Labute approximate surface area is 197 Å². The van der Waals surface area contributed by atoms with E-state index in [1.807, 2.05) is 0 Å². The second-order valence-electron chi connectivity index (χ2n) is 8.05. The Morgan fingerprint density at radius 2 is 1.56 bits per heavy atom. The van der Waals surface area contributed by atoms with Gasteiger partial charge in [-0.2, -0.15) is 4.31 Å². The smallest absolute Gasteiger partial charge is 0.251 e. The fourth-order valence-corrected chi connectivity index (χ4v) is 6.26. The normalized spacial score (nSPS) is 17.7. The number of rotatable bonds is 6. The molecule has 0 atom stereocenters. The number of piperidine rings is 1. The molecule has 2 fully saturated rings. The molecule has 1 saturated heterocycles. The molecule has 10 heteroatoms. The third-order valence-electron chi connectivity index (χ3n) is 5.65. The molecule has 1 heterocycles. The summed E-state index contributed by atoms with van der Waals surface area (Å²) in [6.07, 6.45) is 2.74. The third-order valence-corrected chi connectivity index (χ3v) is 8.50. The first-order valence-electron chi connectivity index (χ1n) is 10.4. The number of amides is 2. The molecular formula is C22H23Cl2N3O4S. The SMILES string of the molecule is O=C(NC1CC1)c1cccc(NC(=O)C2CCN(S(=O)(=O)c3c(Cl)cccc3Cl)CC2)c1. The van der Waals surface area contributed by atoms with Crippen molar-refractivity contribution < 1.29 is 18.0 Å². The van der Waals surface area contributed by atoms with Crippen LogP contribution in [0.1, 0.15) is 36.0 Å². The maximum Gasteiger partial charge on any atom is 0.251 e. The number of carbonyl (C=O) groups excluding carboxylic acids is 2. The number of halogens is 2. The second-order valence-corrected chi connectivity index (χ2v) is 10.7. The Morgan fingerprint density at radius 1 is 0.938 bits per heavy atom. The molecule has 2 amide bonds. The van der Waals surface area contributed by atoms with Crippen molar-refractivity contribution in [3.8, 4) is 0 Å². The second kappa shape index (κ2) is 9.39. The van der Waals surface area contributed by atoms with Gasteiger partial charge in [-0.05, 0) is 56.0 Å². The zero-order chi connectivity index (χ0) is 22.9. The monoisotopic (exact) mass is 495 g/mol. The van der Waals surface area contributed by atoms with Gasteiger partial charge >= 0.3 is 0 Å². The van der Waals surface area contributed by atoms with Gasteiger partial charge in [0.15, 0.2) is 0 Å². The Balaban J connectivity index is 1.37. The molecule has 2 N–H and O–H groups in total. The van der Waals surface area contributed by atoms with E-state index in [9.17, 15) is 18.0 Å². The van der Waals surface area contributed by atoms with Crippen LogP contribution in [0.3, 0.4) is 0 Å². The molecule has 0 spiro atoms. The van der Waals surface area contributed by atoms with Gasteiger partial charge in [0.1, 0.15) is 4.90 Å². The van der Waals surface area contributed by atoms with Gasteiger partial charge < -0.3 is 10.6 Å². The summed E-state index contributed by atoms with van der Waals surface area (Å²) in [5.74, 6) is -0.690. The van der Waals surface area contributed by atoms with Crippen LogP contribution in [0.25, 0.3) is 0 Å². The summed E-state index contributed by atoms with van der Waals surface area (Å²) in [5, 5.41) is 5.92. The van der Waals surface area contributed by atoms with Gasteiger partial charge in [-0.15, -0.1) is 0 Å². The van der Waals surface area contributed by atoms with Crippen LogP contribution in [0, 0.1) is 5.92 Å². The average Bonchev–Trinajstić information content (AvgIpc) is 3.58. The zero-order valence-electron chi connectivity index (χ0n) is 17.2. The van der Waals surface area contributed by atoms with Crippen molar-refractivity contribution in [2.75, 3.05) is 18.4 Å². The lowest BCUT2D eigenvalue weighted by Crippen LogP contribution is -2.41. The average molecular weight is 496 g/mol. The number of hydrogen-bond acceptors (Lipinski definition) is 4. The van der Waals surface area contributed by atoms with Crippen LogP contribution in [-0.4, -0.2) is 43.7 Å². The van der Waals surface area contributed by atoms with Crippen molar-refractivity contribution in [3.05, 3.63) is 58.1 Å². The van der Waals surface area contributed by atoms with Crippen molar-refractivity contribution in [3.63, 3.8) is 0 Å². The van der Waals surface area contributed by atoms with Crippen molar-refractivity contribution in [2.24, 2.45) is 5.92 Å². The molecule has 1 saturated carbocycles. The highest BCUT2D eigenvalue weighted by Crippen LogP contribution is 2.33. The first-order valence-corrected chi connectivity index (χ1v) is 12.6. The quantitative estimate of drug-likeness (QED) is 0.634. The lowest BCUT2D eigenvalue weighted by molar-refractivity contribution is -0.120. The predicted molar refractivity (Wildman–Crippen MR) is 124 cm³/mol. The molecule has 0 unspecified atom stereocenters. The molecule has 2 aliphatic rings. The number of sulfonamides is 1. The van der Waals surface area contributed by atoms with Gasteiger partial charge in [-0.1, -0.05) is 35.3 Å². The Kier molecular flexibility index (Phi) is 6.76. The largest absolute Gasteiger partial charge is 0.349 e. The number of nitrogens with zero attached hydrogens (tertiary/aromatic N) is 1. The topological polar surface area (TPSA) is 95.6 Å². The first kappa shape index (κ1) is 23.0. The van der Waals surface area contributed by atoms with Crippen molar-refractivity contribution in [1.29, 1.82) is 0 Å². The van der Waals surface area contributed by atoms with E-state index in [-0.39, 0.29) is 51.8 Å². The number of hydrogen-bond donors (Lipinski definition) is 2. The summed E-state index contributed by atoms with van der Waals surface area (Å²) in [7, 11) is -3.86. The predicted octanol–water partition coefficient (Wildman–Crippen LogP) is 3.93. The Hall–Kier alpha value is -2.13. The minimum absolute atomic E-state index is 0.0722. The van der Waals surface area contributed by atoms with Gasteiger partial charge in [0.25, 0.3) is 5.91 Å². The van der Waals surface area contributed by atoms with E-state index < -0.39 is 10.0 Å². The van der Waals surface area contributed by atoms with Crippen molar-refractivity contribution >= 4 is 50.7 Å². The highest BCUT2D eigenvalue weighted by molar-refractivity contribution is 7.89. The van der Waals surface area contributed by atoms with Gasteiger partial charge in [0, 0.05) is 36.3 Å². The maximum atomic E-state index is 13.0. The van der Waals surface area contributed by atoms with Crippen LogP contribution in [0.15, 0.2) is 47.4 Å². The van der Waals surface area contributed by atoms with E-state index >= 15 is 0 Å². The lowest BCUT2D eigenvalue weighted by atomic mass is 9.97. The van der Waals surface area contributed by atoms with E-state index in [1.165, 1.54) is 16.4 Å². The van der Waals surface area contributed by atoms with Crippen LogP contribution < -0.4 is 10.6 Å². The molecule has 0 bridgehead atoms. The van der Waals surface area contributed by atoms with Crippen LogP contribution in [0.4, 0.5) is 5.69 Å². The van der Waals surface area contributed by atoms with Crippen molar-refractivity contribution in [1.82, 2.24) is 9.62 Å². The molecule has 170 valence electrons. The lowest BCUT2D eigenvalue weighted by Gasteiger charge is -2.31. The number of carbonyl (C=O) groups is 2. The standard InChI is InChI=1S/C22H23Cl2N3O4S/c23-18-5-2-6-19(24)20(18)32(30,31)27-11-9-14(10-12-27)21(28)26-17-4-1-3-15(13-17)22(29)25-16-7-8-16/h1-6,13-14,16H,7-12H2,(H,25,29)(H,26,28). The summed E-state index contributed by atoms with van der Waals surface area (Å²) < 4.78 is 27.3. The fourth-order valence-electron chi connectivity index (χ4n) is 3.70. The van der Waals surface area contributed by atoms with E-state index in [0.717, 1.165) is 12.8 Å². The molecule has 7 nitrogen and oxygen atoms in total. The highest BCUT2D eigenvalue weighted by atomic mass is 35.5. The van der Waals surface area contributed by atoms with Crippen molar-refractivity contribution in [2.45, 2.75) is 36.6 Å². The minimum atomic E-state index is -3.86. The molecule has 4 rings (SSSR count). The molecule has 0 aromatic heterocycles. The molecule has 0 radical (unpaired) electrons. The van der Waals surface area contributed by atoms with Crippen LogP contribution in [-0.2, 0) is 14.8 Å². The third kappa shape index (κ3) is 5.09. The summed E-state index contributed by atoms with van der Waals surface area (Å²) in [5.41, 5.74) is 1.03. The minimum Gasteiger partial charge on any atom is -0.349 e. The van der Waals surface area contributed by atoms with Gasteiger partial charge in [-0.3, -0.25) is 9.59 Å². The summed E-state index contributed by atoms with van der Waals surface area (Å²) in [6.45, 7) is 0.373. The van der Waals surface area contributed by atoms with Crippen LogP contribution in [0.2, 0.25) is 10.0 Å². The maximum absolute atomic E-state index is 13.0. The number of benzene rings is 2. The summed E-state index contributed by atoms with van der Waals surface area (Å²) in [6, 6.07) is 11.6. The molecular weight excluding hydrogens is 473 g/mol. The van der Waals surface area contributed by atoms with E-state index in [1.54, 1.807) is 30.3 Å². The van der Waals surface area contributed by atoms with Gasteiger partial charge in [0.05, 0.1) is 10.0 Å². The van der Waals surface area contributed by atoms with Crippen LogP contribution in [0.5, 0.6) is 0 Å². The fraction of sp³-hybridized carbons (Fsp3) is 0.364. The molecule has 32 heavy (non-hydrogen) atoms. The molecule has 1 aliphatic heterocycles. The first-order chi connectivity index (χ1) is 15.3. The summed E-state index contributed by atoms with van der Waals surface area (Å²) in [4.78, 5) is 24.9. The molecule has 2 aromatic rings. The van der Waals surface area contributed by atoms with E-state index in [0.29, 0.717) is 24.1 Å². The van der Waals surface area contributed by atoms with Crippen LogP contribution >= 0.6 is 23.2 Å².